The molecule has 1 heterocycles. The minimum absolute atomic E-state index is 0.509. The van der Waals surface area contributed by atoms with Gasteiger partial charge in [0.05, 0.1) is 6.21 Å². The average Bonchev–Trinajstić information content (AvgIpc) is 2.84. The van der Waals surface area contributed by atoms with Crippen molar-refractivity contribution in [3.63, 3.8) is 0 Å². The summed E-state index contributed by atoms with van der Waals surface area (Å²) in [6.45, 7) is 3.11. The van der Waals surface area contributed by atoms with Crippen LogP contribution in [0.1, 0.15) is 12.5 Å². The van der Waals surface area contributed by atoms with Crippen molar-refractivity contribution in [3.8, 4) is 0 Å². The first kappa shape index (κ1) is 13.4. The molecule has 0 saturated heterocycles. The van der Waals surface area contributed by atoms with Crippen molar-refractivity contribution in [1.82, 2.24) is 4.98 Å². The van der Waals surface area contributed by atoms with Crippen LogP contribution in [0.5, 0.6) is 0 Å². The van der Waals surface area contributed by atoms with E-state index in [9.17, 15) is 0 Å². The Labute approximate surface area is 116 Å². The molecule has 0 bridgehead atoms. The molecule has 0 aliphatic carbocycles. The van der Waals surface area contributed by atoms with E-state index in [-0.39, 0.29) is 0 Å². The maximum absolute atomic E-state index is 5.52. The Morgan fingerprint density at radius 3 is 2.74 bits per heavy atom. The predicted molar refractivity (Wildman–Crippen MR) is 83.1 cm³/mol. The minimum Gasteiger partial charge on any atom is -0.383 e. The second-order valence-corrected chi connectivity index (χ2v) is 4.91. The van der Waals surface area contributed by atoms with Crippen LogP contribution in [0.3, 0.4) is 0 Å². The molecular formula is C13H17N5S. The zero-order valence-corrected chi connectivity index (χ0v) is 11.8. The molecule has 0 fully saturated rings. The van der Waals surface area contributed by atoms with Gasteiger partial charge in [0.25, 0.3) is 0 Å². The number of anilines is 3. The Balaban J connectivity index is 1.95. The molecule has 6 heteroatoms. The number of hydrazone groups is 1. The number of nitrogens with one attached hydrogen (secondary N) is 1. The van der Waals surface area contributed by atoms with Gasteiger partial charge in [-0.3, -0.25) is 5.43 Å². The highest BCUT2D eigenvalue weighted by molar-refractivity contribution is 7.14. The van der Waals surface area contributed by atoms with Gasteiger partial charge in [0.15, 0.2) is 0 Å². The molecule has 3 N–H and O–H groups in total. The van der Waals surface area contributed by atoms with Crippen LogP contribution in [0.2, 0.25) is 0 Å². The largest absolute Gasteiger partial charge is 0.383 e. The van der Waals surface area contributed by atoms with Gasteiger partial charge in [-0.05, 0) is 24.6 Å². The smallest absolute Gasteiger partial charge is 0.205 e. The standard InChI is InChI=1S/C13H17N5S/c1-3-18(2)11-6-4-10(5-7-11)8-15-17-13-16-12(14)9-19-13/h4-9H,3,14H2,1-2H3,(H,16,17). The maximum Gasteiger partial charge on any atom is 0.205 e. The quantitative estimate of drug-likeness (QED) is 0.650. The van der Waals surface area contributed by atoms with E-state index in [1.165, 1.54) is 17.0 Å². The van der Waals surface area contributed by atoms with E-state index in [0.717, 1.165) is 12.1 Å². The van der Waals surface area contributed by atoms with Gasteiger partial charge >= 0.3 is 0 Å². The number of aromatic nitrogens is 1. The Hall–Kier alpha value is -2.08. The van der Waals surface area contributed by atoms with E-state index < -0.39 is 0 Å². The lowest BCUT2D eigenvalue weighted by Crippen LogP contribution is -2.15. The number of nitrogen functional groups attached to an aromatic ring is 1. The highest BCUT2D eigenvalue weighted by atomic mass is 32.1. The fourth-order valence-electron chi connectivity index (χ4n) is 1.50. The van der Waals surface area contributed by atoms with Gasteiger partial charge in [-0.2, -0.15) is 5.10 Å². The van der Waals surface area contributed by atoms with Crippen LogP contribution < -0.4 is 16.1 Å². The van der Waals surface area contributed by atoms with E-state index in [4.69, 9.17) is 5.73 Å². The molecule has 0 amide bonds. The summed E-state index contributed by atoms with van der Waals surface area (Å²) in [5.41, 5.74) is 10.6. The molecule has 5 nitrogen and oxygen atoms in total. The van der Waals surface area contributed by atoms with Crippen molar-refractivity contribution >= 4 is 34.2 Å². The lowest BCUT2D eigenvalue weighted by molar-refractivity contribution is 0.968. The van der Waals surface area contributed by atoms with Gasteiger partial charge in [-0.1, -0.05) is 12.1 Å². The Bertz CT molecular complexity index is 546. The summed E-state index contributed by atoms with van der Waals surface area (Å²) in [5, 5.41) is 6.59. The summed E-state index contributed by atoms with van der Waals surface area (Å²) in [7, 11) is 2.07. The van der Waals surface area contributed by atoms with Gasteiger partial charge in [-0.25, -0.2) is 4.98 Å². The molecule has 0 radical (unpaired) electrons. The SMILES string of the molecule is CCN(C)c1ccc(C=NNc2nc(N)cs2)cc1. The summed E-state index contributed by atoms with van der Waals surface area (Å²) in [6.07, 6.45) is 1.76. The first-order valence-electron chi connectivity index (χ1n) is 6.00. The first-order chi connectivity index (χ1) is 9.19. The van der Waals surface area contributed by atoms with Crippen LogP contribution in [0.25, 0.3) is 0 Å². The van der Waals surface area contributed by atoms with Gasteiger partial charge < -0.3 is 10.6 Å². The summed E-state index contributed by atoms with van der Waals surface area (Å²) in [6, 6.07) is 8.21. The van der Waals surface area contributed by atoms with Crippen LogP contribution in [0.15, 0.2) is 34.7 Å². The van der Waals surface area contributed by atoms with E-state index in [1.807, 2.05) is 12.1 Å². The maximum atomic E-state index is 5.52. The van der Waals surface area contributed by atoms with E-state index in [0.29, 0.717) is 10.9 Å². The summed E-state index contributed by atoms with van der Waals surface area (Å²) >= 11 is 1.43. The highest BCUT2D eigenvalue weighted by Crippen LogP contribution is 2.16. The number of hydrogen-bond acceptors (Lipinski definition) is 6. The Morgan fingerprint density at radius 1 is 1.42 bits per heavy atom. The number of rotatable bonds is 5. The summed E-state index contributed by atoms with van der Waals surface area (Å²) < 4.78 is 0. The van der Waals surface area contributed by atoms with Gasteiger partial charge in [0, 0.05) is 24.7 Å². The van der Waals surface area contributed by atoms with Crippen molar-refractivity contribution in [2.24, 2.45) is 5.10 Å². The van der Waals surface area contributed by atoms with Crippen LogP contribution in [0.4, 0.5) is 16.6 Å². The average molecular weight is 275 g/mol. The fourth-order valence-corrected chi connectivity index (χ4v) is 2.05. The van der Waals surface area contributed by atoms with E-state index in [2.05, 4.69) is 46.5 Å². The number of hydrogen-bond donors (Lipinski definition) is 2. The highest BCUT2D eigenvalue weighted by Gasteiger charge is 1.97. The van der Waals surface area contributed by atoms with Crippen LogP contribution >= 0.6 is 11.3 Å². The van der Waals surface area contributed by atoms with Crippen molar-refractivity contribution < 1.29 is 0 Å². The predicted octanol–water partition coefficient (Wildman–Crippen LogP) is 2.63. The third-order valence-corrected chi connectivity index (χ3v) is 3.47. The Kier molecular flexibility index (Phi) is 4.35. The molecule has 1 aromatic heterocycles. The van der Waals surface area contributed by atoms with Crippen LogP contribution in [-0.4, -0.2) is 24.8 Å². The van der Waals surface area contributed by atoms with Crippen molar-refractivity contribution in [1.29, 1.82) is 0 Å². The number of nitrogens with zero attached hydrogens (tertiary/aromatic N) is 3. The third kappa shape index (κ3) is 3.69. The van der Waals surface area contributed by atoms with Crippen LogP contribution in [0, 0.1) is 0 Å². The fraction of sp³-hybridized carbons (Fsp3) is 0.231. The zero-order chi connectivity index (χ0) is 13.7. The van der Waals surface area contributed by atoms with Crippen molar-refractivity contribution in [2.45, 2.75) is 6.92 Å². The summed E-state index contributed by atoms with van der Waals surface area (Å²) in [5.74, 6) is 0.509. The zero-order valence-electron chi connectivity index (χ0n) is 11.0. The molecule has 19 heavy (non-hydrogen) atoms. The van der Waals surface area contributed by atoms with Crippen molar-refractivity contribution in [2.75, 3.05) is 29.7 Å². The number of nitrogens with two attached hydrogens (primary N) is 1. The molecule has 0 aliphatic heterocycles. The topological polar surface area (TPSA) is 66.5 Å². The molecular weight excluding hydrogens is 258 g/mol. The molecule has 0 unspecified atom stereocenters. The third-order valence-electron chi connectivity index (χ3n) is 2.70. The molecule has 0 spiro atoms. The van der Waals surface area contributed by atoms with Crippen molar-refractivity contribution in [3.05, 3.63) is 35.2 Å². The van der Waals surface area contributed by atoms with Gasteiger partial charge in [0.1, 0.15) is 5.82 Å². The number of benzene rings is 1. The normalized spacial score (nSPS) is 10.8. The molecule has 2 aromatic rings. The molecule has 0 aliphatic rings. The summed E-state index contributed by atoms with van der Waals surface area (Å²) in [4.78, 5) is 6.23. The lowest BCUT2D eigenvalue weighted by atomic mass is 10.2. The van der Waals surface area contributed by atoms with Gasteiger partial charge in [-0.15, -0.1) is 11.3 Å². The molecule has 1 aromatic carbocycles. The first-order valence-corrected chi connectivity index (χ1v) is 6.88. The van der Waals surface area contributed by atoms with Crippen LogP contribution in [-0.2, 0) is 0 Å². The second kappa shape index (κ2) is 6.19. The number of thiazole rings is 1. The molecule has 2 rings (SSSR count). The minimum atomic E-state index is 0.509. The molecule has 0 saturated carbocycles. The molecule has 100 valence electrons. The van der Waals surface area contributed by atoms with E-state index >= 15 is 0 Å². The second-order valence-electron chi connectivity index (χ2n) is 4.05. The van der Waals surface area contributed by atoms with E-state index in [1.54, 1.807) is 11.6 Å². The Morgan fingerprint density at radius 2 is 2.16 bits per heavy atom. The van der Waals surface area contributed by atoms with Gasteiger partial charge in [0.2, 0.25) is 5.13 Å². The lowest BCUT2D eigenvalue weighted by Gasteiger charge is -2.16. The molecule has 0 atom stereocenters. The monoisotopic (exact) mass is 275 g/mol.